The quantitative estimate of drug-likeness (QED) is 0.822. The van der Waals surface area contributed by atoms with Crippen LogP contribution in [0.4, 0.5) is 0 Å². The molecule has 8 heteroatoms. The molecule has 0 saturated heterocycles. The normalized spacial score (nSPS) is 19.7. The summed E-state index contributed by atoms with van der Waals surface area (Å²) < 4.78 is 5.21. The van der Waals surface area contributed by atoms with Gasteiger partial charge in [0.15, 0.2) is 0 Å². The predicted molar refractivity (Wildman–Crippen MR) is 91.5 cm³/mol. The zero-order valence-electron chi connectivity index (χ0n) is 13.4. The Balaban J connectivity index is 0.00000208. The number of nitrogens with two attached hydrogens (primary N) is 1. The van der Waals surface area contributed by atoms with Crippen molar-refractivity contribution in [2.45, 2.75) is 50.6 Å². The third kappa shape index (κ3) is 5.01. The molecule has 1 saturated carbocycles. The molecule has 0 aromatic carbocycles. The highest BCUT2D eigenvalue weighted by molar-refractivity contribution is 5.85. The van der Waals surface area contributed by atoms with E-state index in [2.05, 4.69) is 20.4 Å². The molecule has 2 heterocycles. The number of pyridine rings is 1. The van der Waals surface area contributed by atoms with Gasteiger partial charge in [0.2, 0.25) is 17.6 Å². The third-order valence-electron chi connectivity index (χ3n) is 4.02. The lowest BCUT2D eigenvalue weighted by molar-refractivity contribution is -0.121. The zero-order valence-corrected chi connectivity index (χ0v) is 14.2. The van der Waals surface area contributed by atoms with Crippen molar-refractivity contribution in [3.8, 4) is 11.4 Å². The molecule has 2 aromatic heterocycles. The van der Waals surface area contributed by atoms with Crippen LogP contribution >= 0.6 is 12.4 Å². The molecule has 0 aliphatic heterocycles. The van der Waals surface area contributed by atoms with Gasteiger partial charge in [-0.1, -0.05) is 5.16 Å². The predicted octanol–water partition coefficient (Wildman–Crippen LogP) is 1.87. The van der Waals surface area contributed by atoms with Gasteiger partial charge in [0, 0.05) is 42.9 Å². The molecule has 1 amide bonds. The van der Waals surface area contributed by atoms with Gasteiger partial charge in [-0.2, -0.15) is 4.98 Å². The average molecular weight is 352 g/mol. The second-order valence-electron chi connectivity index (χ2n) is 5.94. The maximum atomic E-state index is 11.9. The molecule has 3 N–H and O–H groups in total. The van der Waals surface area contributed by atoms with E-state index < -0.39 is 0 Å². The number of carbonyl (C=O) groups excluding carboxylic acids is 1. The van der Waals surface area contributed by atoms with Gasteiger partial charge < -0.3 is 15.6 Å². The first-order valence-electron chi connectivity index (χ1n) is 7.98. The summed E-state index contributed by atoms with van der Waals surface area (Å²) in [6.07, 6.45) is 7.95. The molecule has 24 heavy (non-hydrogen) atoms. The molecule has 2 atom stereocenters. The minimum absolute atomic E-state index is 0. The molecular weight excluding hydrogens is 330 g/mol. The molecule has 0 radical (unpaired) electrons. The average Bonchev–Trinajstić information content (AvgIpc) is 3.17. The molecule has 1 fully saturated rings. The van der Waals surface area contributed by atoms with Gasteiger partial charge in [-0.05, 0) is 37.8 Å². The van der Waals surface area contributed by atoms with E-state index in [0.29, 0.717) is 31.0 Å². The van der Waals surface area contributed by atoms with Crippen LogP contribution in [0.1, 0.15) is 38.0 Å². The Labute approximate surface area is 146 Å². The fraction of sp³-hybridized carbons (Fsp3) is 0.500. The Kier molecular flexibility index (Phi) is 6.69. The lowest BCUT2D eigenvalue weighted by atomic mass is 10.2. The summed E-state index contributed by atoms with van der Waals surface area (Å²) in [5, 5.41) is 6.97. The second kappa shape index (κ2) is 8.75. The molecular formula is C16H22ClN5O2. The van der Waals surface area contributed by atoms with Crippen LogP contribution in [0.25, 0.3) is 11.4 Å². The van der Waals surface area contributed by atoms with Crippen LogP contribution in [0.2, 0.25) is 0 Å². The summed E-state index contributed by atoms with van der Waals surface area (Å²) in [5.74, 6) is 1.13. The number of aryl methyl sites for hydroxylation is 1. The number of aromatic nitrogens is 3. The van der Waals surface area contributed by atoms with Crippen molar-refractivity contribution in [1.82, 2.24) is 20.4 Å². The van der Waals surface area contributed by atoms with E-state index in [1.54, 1.807) is 12.4 Å². The molecule has 3 rings (SSSR count). The summed E-state index contributed by atoms with van der Waals surface area (Å²) >= 11 is 0. The fourth-order valence-electron chi connectivity index (χ4n) is 2.82. The van der Waals surface area contributed by atoms with E-state index in [1.807, 2.05) is 12.1 Å². The standard InChI is InChI=1S/C16H21N5O2.ClH/c17-12-6-7-13(9-12)19-14(22)4-1-5-15-20-16(21-23-15)11-3-2-8-18-10-11;/h2-3,8,10,12-13H,1,4-7,9,17H2,(H,19,22);1H/t12-,13-;/m1./s1. The Hall–Kier alpha value is -1.99. The first-order chi connectivity index (χ1) is 11.2. The number of hydrogen-bond donors (Lipinski definition) is 2. The van der Waals surface area contributed by atoms with E-state index in [1.165, 1.54) is 0 Å². The first kappa shape index (κ1) is 18.4. The first-order valence-corrected chi connectivity index (χ1v) is 7.98. The van der Waals surface area contributed by atoms with Crippen LogP contribution in [0.3, 0.4) is 0 Å². The Morgan fingerprint density at radius 2 is 2.29 bits per heavy atom. The Morgan fingerprint density at radius 1 is 1.42 bits per heavy atom. The van der Waals surface area contributed by atoms with Gasteiger partial charge >= 0.3 is 0 Å². The van der Waals surface area contributed by atoms with E-state index in [9.17, 15) is 4.79 Å². The van der Waals surface area contributed by atoms with Crippen LogP contribution in [-0.4, -0.2) is 33.1 Å². The van der Waals surface area contributed by atoms with E-state index in [-0.39, 0.29) is 30.4 Å². The van der Waals surface area contributed by atoms with Gasteiger partial charge in [-0.25, -0.2) is 0 Å². The smallest absolute Gasteiger partial charge is 0.226 e. The second-order valence-corrected chi connectivity index (χ2v) is 5.94. The highest BCUT2D eigenvalue weighted by Gasteiger charge is 2.22. The van der Waals surface area contributed by atoms with E-state index in [0.717, 1.165) is 24.8 Å². The molecule has 0 unspecified atom stereocenters. The molecule has 7 nitrogen and oxygen atoms in total. The number of nitrogens with zero attached hydrogens (tertiary/aromatic N) is 3. The van der Waals surface area contributed by atoms with Crippen LogP contribution in [0.5, 0.6) is 0 Å². The van der Waals surface area contributed by atoms with Crippen molar-refractivity contribution >= 4 is 18.3 Å². The topological polar surface area (TPSA) is 107 Å². The number of hydrogen-bond acceptors (Lipinski definition) is 6. The van der Waals surface area contributed by atoms with Gasteiger partial charge in [-0.15, -0.1) is 12.4 Å². The monoisotopic (exact) mass is 351 g/mol. The Bertz CT molecular complexity index is 649. The number of amides is 1. The molecule has 0 spiro atoms. The van der Waals surface area contributed by atoms with Crippen LogP contribution in [0.15, 0.2) is 29.0 Å². The van der Waals surface area contributed by atoms with Gasteiger partial charge in [-0.3, -0.25) is 9.78 Å². The molecule has 2 aromatic rings. The third-order valence-corrected chi connectivity index (χ3v) is 4.02. The molecule has 1 aliphatic carbocycles. The van der Waals surface area contributed by atoms with Crippen molar-refractivity contribution in [3.63, 3.8) is 0 Å². The highest BCUT2D eigenvalue weighted by atomic mass is 35.5. The summed E-state index contributed by atoms with van der Waals surface area (Å²) in [5.41, 5.74) is 6.66. The summed E-state index contributed by atoms with van der Waals surface area (Å²) in [7, 11) is 0. The van der Waals surface area contributed by atoms with Crippen LogP contribution in [-0.2, 0) is 11.2 Å². The maximum absolute atomic E-state index is 11.9. The molecule has 130 valence electrons. The van der Waals surface area contributed by atoms with Gasteiger partial charge in [0.1, 0.15) is 0 Å². The highest BCUT2D eigenvalue weighted by Crippen LogP contribution is 2.17. The van der Waals surface area contributed by atoms with Crippen molar-refractivity contribution < 1.29 is 9.32 Å². The van der Waals surface area contributed by atoms with Crippen molar-refractivity contribution in [1.29, 1.82) is 0 Å². The number of halogens is 1. The maximum Gasteiger partial charge on any atom is 0.226 e. The minimum atomic E-state index is 0. The lowest BCUT2D eigenvalue weighted by Gasteiger charge is -2.11. The summed E-state index contributed by atoms with van der Waals surface area (Å²) in [6.45, 7) is 0. The van der Waals surface area contributed by atoms with Crippen molar-refractivity contribution in [2.24, 2.45) is 5.73 Å². The van der Waals surface area contributed by atoms with E-state index in [4.69, 9.17) is 10.3 Å². The Morgan fingerprint density at radius 3 is 3.00 bits per heavy atom. The number of nitrogens with one attached hydrogen (secondary N) is 1. The zero-order chi connectivity index (χ0) is 16.1. The minimum Gasteiger partial charge on any atom is -0.353 e. The largest absolute Gasteiger partial charge is 0.353 e. The summed E-state index contributed by atoms with van der Waals surface area (Å²) in [6, 6.07) is 4.16. The SMILES string of the molecule is Cl.N[C@@H]1CC[C@@H](NC(=O)CCCc2nc(-c3cccnc3)no2)C1. The van der Waals surface area contributed by atoms with Crippen molar-refractivity contribution in [3.05, 3.63) is 30.4 Å². The van der Waals surface area contributed by atoms with Crippen LogP contribution < -0.4 is 11.1 Å². The summed E-state index contributed by atoms with van der Waals surface area (Å²) in [4.78, 5) is 20.2. The van der Waals surface area contributed by atoms with Crippen molar-refractivity contribution in [2.75, 3.05) is 0 Å². The van der Waals surface area contributed by atoms with Gasteiger partial charge in [0.25, 0.3) is 0 Å². The number of carbonyl (C=O) groups is 1. The fourth-order valence-corrected chi connectivity index (χ4v) is 2.82. The van der Waals surface area contributed by atoms with E-state index >= 15 is 0 Å². The van der Waals surface area contributed by atoms with Crippen LogP contribution in [0, 0.1) is 0 Å². The van der Waals surface area contributed by atoms with Gasteiger partial charge in [0.05, 0.1) is 0 Å². The molecule has 1 aliphatic rings. The lowest BCUT2D eigenvalue weighted by Crippen LogP contribution is -2.33. The number of rotatable bonds is 6. The molecule has 0 bridgehead atoms.